The number of ether oxygens (including phenoxy) is 1. The standard InChI is InChI=1S/C20H27N3O3S/c1-15-5-3-4-10-23(15)27(24,25)22-11-8-16(9-12-22)19-14-21-20-7-6-17(26-2)13-18(19)20/h6-8,13-15,21H,3-5,9-12H2,1-2H3/t15-/m1/s1. The number of nitrogens with zero attached hydrogens (tertiary/aromatic N) is 2. The Hall–Kier alpha value is -1.83. The van der Waals surface area contributed by atoms with Gasteiger partial charge in [0, 0.05) is 48.3 Å². The number of hydrogen-bond acceptors (Lipinski definition) is 3. The molecule has 1 N–H and O–H groups in total. The minimum absolute atomic E-state index is 0.0928. The molecule has 1 aromatic heterocycles. The minimum Gasteiger partial charge on any atom is -0.497 e. The molecule has 1 saturated heterocycles. The van der Waals surface area contributed by atoms with Gasteiger partial charge in [0.05, 0.1) is 7.11 Å². The van der Waals surface area contributed by atoms with Crippen molar-refractivity contribution < 1.29 is 13.2 Å². The molecule has 0 radical (unpaired) electrons. The van der Waals surface area contributed by atoms with Gasteiger partial charge in [-0.15, -0.1) is 0 Å². The van der Waals surface area contributed by atoms with Gasteiger partial charge < -0.3 is 9.72 Å². The molecule has 0 unspecified atom stereocenters. The van der Waals surface area contributed by atoms with Crippen LogP contribution in [0.1, 0.15) is 38.2 Å². The molecule has 0 aliphatic carbocycles. The summed E-state index contributed by atoms with van der Waals surface area (Å²) in [4.78, 5) is 3.30. The van der Waals surface area contributed by atoms with Gasteiger partial charge >= 0.3 is 0 Å². The third-order valence-corrected chi connectivity index (χ3v) is 7.89. The van der Waals surface area contributed by atoms with Crippen molar-refractivity contribution in [1.82, 2.24) is 13.6 Å². The Morgan fingerprint density at radius 1 is 1.22 bits per heavy atom. The van der Waals surface area contributed by atoms with Gasteiger partial charge in [-0.25, -0.2) is 0 Å². The van der Waals surface area contributed by atoms with E-state index < -0.39 is 10.2 Å². The molecule has 0 spiro atoms. The van der Waals surface area contributed by atoms with Gasteiger partial charge in [0.2, 0.25) is 0 Å². The zero-order valence-corrected chi connectivity index (χ0v) is 16.8. The molecule has 1 fully saturated rings. The first kappa shape index (κ1) is 18.5. The molecule has 7 heteroatoms. The second-order valence-corrected chi connectivity index (χ2v) is 9.30. The predicted molar refractivity (Wildman–Crippen MR) is 108 cm³/mol. The summed E-state index contributed by atoms with van der Waals surface area (Å²) in [5.74, 6) is 0.822. The van der Waals surface area contributed by atoms with E-state index in [9.17, 15) is 8.42 Å². The van der Waals surface area contributed by atoms with Crippen molar-refractivity contribution in [2.24, 2.45) is 0 Å². The number of benzene rings is 1. The quantitative estimate of drug-likeness (QED) is 0.872. The summed E-state index contributed by atoms with van der Waals surface area (Å²) in [7, 11) is -1.72. The Balaban J connectivity index is 1.57. The summed E-state index contributed by atoms with van der Waals surface area (Å²) >= 11 is 0. The first-order chi connectivity index (χ1) is 13.0. The number of fused-ring (bicyclic) bond motifs is 1. The molecule has 4 rings (SSSR count). The number of hydrogen-bond donors (Lipinski definition) is 1. The number of nitrogens with one attached hydrogen (secondary N) is 1. The fraction of sp³-hybridized carbons (Fsp3) is 0.500. The van der Waals surface area contributed by atoms with Crippen LogP contribution in [0.3, 0.4) is 0 Å². The van der Waals surface area contributed by atoms with Crippen LogP contribution in [0.5, 0.6) is 5.75 Å². The molecule has 0 bridgehead atoms. The summed E-state index contributed by atoms with van der Waals surface area (Å²) in [5, 5.41) is 1.11. The second kappa shape index (κ2) is 7.30. The maximum Gasteiger partial charge on any atom is 0.282 e. The Kier molecular flexibility index (Phi) is 5.01. The normalized spacial score (nSPS) is 22.7. The van der Waals surface area contributed by atoms with Gasteiger partial charge in [0.1, 0.15) is 5.75 Å². The highest BCUT2D eigenvalue weighted by molar-refractivity contribution is 7.86. The zero-order chi connectivity index (χ0) is 19.0. The third-order valence-electron chi connectivity index (χ3n) is 5.77. The fourth-order valence-corrected chi connectivity index (χ4v) is 5.96. The summed E-state index contributed by atoms with van der Waals surface area (Å²) in [6.45, 7) is 3.60. The van der Waals surface area contributed by atoms with Crippen molar-refractivity contribution >= 4 is 26.7 Å². The highest BCUT2D eigenvalue weighted by Crippen LogP contribution is 2.33. The molecular formula is C20H27N3O3S. The summed E-state index contributed by atoms with van der Waals surface area (Å²) < 4.78 is 34.7. The van der Waals surface area contributed by atoms with E-state index in [1.165, 1.54) is 5.57 Å². The van der Waals surface area contributed by atoms with E-state index in [0.29, 0.717) is 26.1 Å². The molecule has 2 aromatic rings. The van der Waals surface area contributed by atoms with E-state index >= 15 is 0 Å². The van der Waals surface area contributed by atoms with E-state index in [0.717, 1.165) is 41.5 Å². The topological polar surface area (TPSA) is 65.6 Å². The molecule has 0 saturated carbocycles. The molecule has 2 aliphatic heterocycles. The first-order valence-corrected chi connectivity index (χ1v) is 11.0. The number of aromatic nitrogens is 1. The SMILES string of the molecule is COc1ccc2[nH]cc(C3=CCN(S(=O)(=O)N4CCCC[C@H]4C)CC3)c2c1. The van der Waals surface area contributed by atoms with Gasteiger partial charge in [0.25, 0.3) is 10.2 Å². The Morgan fingerprint density at radius 3 is 2.78 bits per heavy atom. The van der Waals surface area contributed by atoms with E-state index in [1.807, 2.05) is 31.3 Å². The molecule has 27 heavy (non-hydrogen) atoms. The Labute approximate surface area is 161 Å². The summed E-state index contributed by atoms with van der Waals surface area (Å²) in [5.41, 5.74) is 3.38. The lowest BCUT2D eigenvalue weighted by Gasteiger charge is -2.37. The van der Waals surface area contributed by atoms with Gasteiger partial charge in [-0.3, -0.25) is 0 Å². The van der Waals surface area contributed by atoms with E-state index in [4.69, 9.17) is 4.74 Å². The number of H-pyrrole nitrogens is 1. The Bertz CT molecular complexity index is 964. The van der Waals surface area contributed by atoms with Crippen molar-refractivity contribution in [1.29, 1.82) is 0 Å². The van der Waals surface area contributed by atoms with Gasteiger partial charge in [-0.05, 0) is 50.0 Å². The zero-order valence-electron chi connectivity index (χ0n) is 15.9. The molecule has 1 atom stereocenters. The monoisotopic (exact) mass is 389 g/mol. The highest BCUT2D eigenvalue weighted by atomic mass is 32.2. The lowest BCUT2D eigenvalue weighted by Crippen LogP contribution is -2.50. The van der Waals surface area contributed by atoms with Crippen molar-refractivity contribution in [2.45, 2.75) is 38.6 Å². The van der Waals surface area contributed by atoms with Crippen LogP contribution in [-0.2, 0) is 10.2 Å². The van der Waals surface area contributed by atoms with Crippen LogP contribution in [-0.4, -0.2) is 54.8 Å². The predicted octanol–water partition coefficient (Wildman–Crippen LogP) is 3.38. The van der Waals surface area contributed by atoms with Crippen molar-refractivity contribution in [3.8, 4) is 5.75 Å². The molecule has 2 aliphatic rings. The molecular weight excluding hydrogens is 362 g/mol. The summed E-state index contributed by atoms with van der Waals surface area (Å²) in [6.07, 6.45) is 7.79. The van der Waals surface area contributed by atoms with Crippen LogP contribution in [0.25, 0.3) is 16.5 Å². The molecule has 3 heterocycles. The average Bonchev–Trinajstić information content (AvgIpc) is 3.11. The maximum atomic E-state index is 13.0. The smallest absolute Gasteiger partial charge is 0.282 e. The molecule has 6 nitrogen and oxygen atoms in total. The average molecular weight is 390 g/mol. The van der Waals surface area contributed by atoms with Gasteiger partial charge in [-0.1, -0.05) is 12.5 Å². The lowest BCUT2D eigenvalue weighted by atomic mass is 9.99. The largest absolute Gasteiger partial charge is 0.497 e. The van der Waals surface area contributed by atoms with Crippen LogP contribution in [0.4, 0.5) is 0 Å². The number of methoxy groups -OCH3 is 1. The van der Waals surface area contributed by atoms with Crippen molar-refractivity contribution in [3.05, 3.63) is 36.0 Å². The second-order valence-electron chi connectivity index (χ2n) is 7.41. The first-order valence-electron chi connectivity index (χ1n) is 9.62. The van der Waals surface area contributed by atoms with Crippen LogP contribution < -0.4 is 4.74 Å². The third kappa shape index (κ3) is 3.39. The number of aromatic amines is 1. The molecule has 0 amide bonds. The van der Waals surface area contributed by atoms with E-state index in [-0.39, 0.29) is 6.04 Å². The van der Waals surface area contributed by atoms with Gasteiger partial charge in [0.15, 0.2) is 0 Å². The minimum atomic E-state index is -3.39. The fourth-order valence-electron chi connectivity index (χ4n) is 4.16. The van der Waals surface area contributed by atoms with Crippen LogP contribution in [0.2, 0.25) is 0 Å². The van der Waals surface area contributed by atoms with Gasteiger partial charge in [-0.2, -0.15) is 17.0 Å². The van der Waals surface area contributed by atoms with Crippen molar-refractivity contribution in [2.75, 3.05) is 26.7 Å². The van der Waals surface area contributed by atoms with Crippen molar-refractivity contribution in [3.63, 3.8) is 0 Å². The molecule has 146 valence electrons. The van der Waals surface area contributed by atoms with E-state index in [1.54, 1.807) is 15.7 Å². The lowest BCUT2D eigenvalue weighted by molar-refractivity contribution is 0.247. The summed E-state index contributed by atoms with van der Waals surface area (Å²) in [6, 6.07) is 6.07. The van der Waals surface area contributed by atoms with Crippen LogP contribution >= 0.6 is 0 Å². The Morgan fingerprint density at radius 2 is 2.07 bits per heavy atom. The van der Waals surface area contributed by atoms with E-state index in [2.05, 4.69) is 11.1 Å². The highest BCUT2D eigenvalue weighted by Gasteiger charge is 2.35. The number of piperidine rings is 1. The number of rotatable bonds is 4. The maximum absolute atomic E-state index is 13.0. The van der Waals surface area contributed by atoms with Crippen LogP contribution in [0, 0.1) is 0 Å². The van der Waals surface area contributed by atoms with Crippen LogP contribution in [0.15, 0.2) is 30.5 Å². The molecule has 1 aromatic carbocycles.